The van der Waals surface area contributed by atoms with Crippen molar-refractivity contribution in [2.45, 2.75) is 31.9 Å². The van der Waals surface area contributed by atoms with Gasteiger partial charge in [-0.2, -0.15) is 0 Å². The summed E-state index contributed by atoms with van der Waals surface area (Å²) in [5.41, 5.74) is 0. The topological polar surface area (TPSA) is 46.2 Å². The van der Waals surface area contributed by atoms with Gasteiger partial charge in [-0.15, -0.1) is 0 Å². The van der Waals surface area contributed by atoms with Crippen LogP contribution >= 0.6 is 15.9 Å². The minimum Gasteiger partial charge on any atom is -0.316 e. The molecule has 0 aromatic rings. The van der Waals surface area contributed by atoms with E-state index in [1.807, 2.05) is 0 Å². The molecule has 0 aromatic carbocycles. The Labute approximate surface area is 95.7 Å². The Morgan fingerprint density at radius 3 is 2.36 bits per heavy atom. The quantitative estimate of drug-likeness (QED) is 0.544. The van der Waals surface area contributed by atoms with Crippen molar-refractivity contribution in [3.05, 3.63) is 0 Å². The molecule has 0 radical (unpaired) electrons. The van der Waals surface area contributed by atoms with Gasteiger partial charge in [-0.05, 0) is 33.2 Å². The fourth-order valence-corrected chi connectivity index (χ4v) is 2.22. The van der Waals surface area contributed by atoms with Gasteiger partial charge < -0.3 is 5.32 Å². The molecule has 0 rings (SSSR count). The van der Waals surface area contributed by atoms with Crippen LogP contribution < -0.4 is 5.32 Å². The second-order valence-corrected chi connectivity index (χ2v) is 7.03. The van der Waals surface area contributed by atoms with Gasteiger partial charge in [-0.1, -0.05) is 15.9 Å². The van der Waals surface area contributed by atoms with Crippen LogP contribution in [-0.4, -0.2) is 37.8 Å². The Bertz CT molecular complexity index is 227. The molecule has 0 spiro atoms. The van der Waals surface area contributed by atoms with E-state index in [9.17, 15) is 8.42 Å². The van der Waals surface area contributed by atoms with Crippen LogP contribution in [0, 0.1) is 0 Å². The molecule has 0 unspecified atom stereocenters. The molecule has 5 heteroatoms. The molecule has 0 aliphatic heterocycles. The number of rotatable bonds is 8. The Balaban J connectivity index is 3.46. The Hall–Kier alpha value is 0.390. The Kier molecular flexibility index (Phi) is 7.86. The molecule has 0 saturated carbocycles. The Morgan fingerprint density at radius 1 is 1.21 bits per heavy atom. The maximum absolute atomic E-state index is 11.4. The average molecular weight is 286 g/mol. The minimum absolute atomic E-state index is 0.249. The maximum Gasteiger partial charge on any atom is 0.153 e. The number of halogens is 1. The molecule has 1 N–H and O–H groups in total. The molecule has 3 nitrogen and oxygen atoms in total. The lowest BCUT2D eigenvalue weighted by Crippen LogP contribution is -2.27. The van der Waals surface area contributed by atoms with E-state index in [1.54, 1.807) is 13.8 Å². The fraction of sp³-hybridized carbons (Fsp3) is 1.00. The van der Waals surface area contributed by atoms with Gasteiger partial charge in [0.2, 0.25) is 0 Å². The zero-order valence-electron chi connectivity index (χ0n) is 8.92. The SMILES string of the molecule is CC(C)S(=O)(=O)CCNCCCCBr. The third kappa shape index (κ3) is 6.79. The van der Waals surface area contributed by atoms with Crippen molar-refractivity contribution in [2.24, 2.45) is 0 Å². The summed E-state index contributed by atoms with van der Waals surface area (Å²) in [6, 6.07) is 0. The van der Waals surface area contributed by atoms with Gasteiger partial charge >= 0.3 is 0 Å². The molecule has 0 heterocycles. The normalized spacial score (nSPS) is 12.3. The highest BCUT2D eigenvalue weighted by atomic mass is 79.9. The van der Waals surface area contributed by atoms with Gasteiger partial charge in [0.15, 0.2) is 9.84 Å². The molecule has 0 atom stereocenters. The monoisotopic (exact) mass is 285 g/mol. The lowest BCUT2D eigenvalue weighted by molar-refractivity contribution is 0.580. The van der Waals surface area contributed by atoms with Crippen LogP contribution in [0.4, 0.5) is 0 Å². The first-order valence-electron chi connectivity index (χ1n) is 4.99. The summed E-state index contributed by atoms with van der Waals surface area (Å²) in [5.74, 6) is 0.249. The van der Waals surface area contributed by atoms with E-state index in [0.717, 1.165) is 24.7 Å². The van der Waals surface area contributed by atoms with Crippen LogP contribution in [0.5, 0.6) is 0 Å². The molecule has 0 amide bonds. The van der Waals surface area contributed by atoms with Gasteiger partial charge in [-0.25, -0.2) is 8.42 Å². The van der Waals surface area contributed by atoms with Crippen LogP contribution in [0.1, 0.15) is 26.7 Å². The molecule has 0 aromatic heterocycles. The van der Waals surface area contributed by atoms with Gasteiger partial charge in [0.1, 0.15) is 0 Å². The van der Waals surface area contributed by atoms with Crippen molar-refractivity contribution in [2.75, 3.05) is 24.2 Å². The summed E-state index contributed by atoms with van der Waals surface area (Å²) in [7, 11) is -2.86. The predicted molar refractivity (Wildman–Crippen MR) is 64.8 cm³/mol. The van der Waals surface area contributed by atoms with Crippen LogP contribution in [0.25, 0.3) is 0 Å². The molecule has 86 valence electrons. The molecule has 14 heavy (non-hydrogen) atoms. The first kappa shape index (κ1) is 14.4. The zero-order chi connectivity index (χ0) is 11.0. The number of unbranched alkanes of at least 4 members (excludes halogenated alkanes) is 1. The van der Waals surface area contributed by atoms with Crippen LogP contribution in [0.3, 0.4) is 0 Å². The number of hydrogen-bond donors (Lipinski definition) is 1. The predicted octanol–water partition coefficient (Wildman–Crippen LogP) is 1.57. The summed E-state index contributed by atoms with van der Waals surface area (Å²) in [6.45, 7) is 4.92. The molecule has 0 bridgehead atoms. The summed E-state index contributed by atoms with van der Waals surface area (Å²) in [6.07, 6.45) is 2.22. The fourth-order valence-electron chi connectivity index (χ4n) is 0.920. The zero-order valence-corrected chi connectivity index (χ0v) is 11.3. The van der Waals surface area contributed by atoms with E-state index in [2.05, 4.69) is 21.2 Å². The van der Waals surface area contributed by atoms with E-state index < -0.39 is 9.84 Å². The maximum atomic E-state index is 11.4. The van der Waals surface area contributed by atoms with Crippen molar-refractivity contribution in [3.63, 3.8) is 0 Å². The third-order valence-electron chi connectivity index (χ3n) is 2.02. The highest BCUT2D eigenvalue weighted by Gasteiger charge is 2.14. The van der Waals surface area contributed by atoms with Crippen molar-refractivity contribution in [1.29, 1.82) is 0 Å². The van der Waals surface area contributed by atoms with Crippen LogP contribution in [0.2, 0.25) is 0 Å². The van der Waals surface area contributed by atoms with Crippen LogP contribution in [0.15, 0.2) is 0 Å². The van der Waals surface area contributed by atoms with Crippen molar-refractivity contribution >= 4 is 25.8 Å². The van der Waals surface area contributed by atoms with E-state index in [4.69, 9.17) is 0 Å². The summed E-state index contributed by atoms with van der Waals surface area (Å²) in [4.78, 5) is 0. The highest BCUT2D eigenvalue weighted by Crippen LogP contribution is 1.99. The van der Waals surface area contributed by atoms with Gasteiger partial charge in [-0.3, -0.25) is 0 Å². The number of nitrogens with one attached hydrogen (secondary N) is 1. The number of alkyl halides is 1. The third-order valence-corrected chi connectivity index (χ3v) is 4.79. The van der Waals surface area contributed by atoms with Gasteiger partial charge in [0, 0.05) is 11.9 Å². The largest absolute Gasteiger partial charge is 0.316 e. The van der Waals surface area contributed by atoms with Crippen molar-refractivity contribution < 1.29 is 8.42 Å². The molecule has 0 aliphatic rings. The Morgan fingerprint density at radius 2 is 1.86 bits per heavy atom. The second-order valence-electron chi connectivity index (χ2n) is 3.56. The molecular formula is C9H20BrNO2S. The number of sulfone groups is 1. The van der Waals surface area contributed by atoms with E-state index >= 15 is 0 Å². The van der Waals surface area contributed by atoms with E-state index in [0.29, 0.717) is 6.54 Å². The second kappa shape index (κ2) is 7.65. The molecular weight excluding hydrogens is 266 g/mol. The minimum atomic E-state index is -2.86. The standard InChI is InChI=1S/C9H20BrNO2S/c1-9(2)14(12,13)8-7-11-6-4-3-5-10/h9,11H,3-8H2,1-2H3. The van der Waals surface area contributed by atoms with Crippen molar-refractivity contribution in [1.82, 2.24) is 5.32 Å². The summed E-state index contributed by atoms with van der Waals surface area (Å²) < 4.78 is 22.7. The smallest absolute Gasteiger partial charge is 0.153 e. The first-order chi connectivity index (χ1) is 6.50. The number of hydrogen-bond acceptors (Lipinski definition) is 3. The van der Waals surface area contributed by atoms with Gasteiger partial charge in [0.25, 0.3) is 0 Å². The summed E-state index contributed by atoms with van der Waals surface area (Å²) in [5, 5.41) is 3.89. The summed E-state index contributed by atoms with van der Waals surface area (Å²) >= 11 is 3.35. The van der Waals surface area contributed by atoms with E-state index in [1.165, 1.54) is 0 Å². The highest BCUT2D eigenvalue weighted by molar-refractivity contribution is 9.09. The average Bonchev–Trinajstić information content (AvgIpc) is 2.10. The lowest BCUT2D eigenvalue weighted by atomic mass is 10.3. The first-order valence-corrected chi connectivity index (χ1v) is 7.82. The van der Waals surface area contributed by atoms with Gasteiger partial charge in [0.05, 0.1) is 11.0 Å². The lowest BCUT2D eigenvalue weighted by Gasteiger charge is -2.08. The molecule has 0 saturated heterocycles. The molecule has 0 fully saturated rings. The van der Waals surface area contributed by atoms with E-state index in [-0.39, 0.29) is 11.0 Å². The van der Waals surface area contributed by atoms with Crippen LogP contribution in [-0.2, 0) is 9.84 Å². The van der Waals surface area contributed by atoms with Crippen molar-refractivity contribution in [3.8, 4) is 0 Å². The molecule has 0 aliphatic carbocycles.